The molecule has 0 fully saturated rings. The second-order valence-electron chi connectivity index (χ2n) is 4.51. The monoisotopic (exact) mass is 338 g/mol. The van der Waals surface area contributed by atoms with Gasteiger partial charge >= 0.3 is 0 Å². The number of allylic oxidation sites excluding steroid dienone is 4. The molecule has 0 aliphatic heterocycles. The van der Waals surface area contributed by atoms with Crippen molar-refractivity contribution < 1.29 is 0 Å². The van der Waals surface area contributed by atoms with Crippen LogP contribution in [0.3, 0.4) is 0 Å². The highest BCUT2D eigenvalue weighted by atomic mass is 79.9. The van der Waals surface area contributed by atoms with Crippen LogP contribution in [0, 0.1) is 5.92 Å². The molecule has 0 nitrogen and oxygen atoms in total. The number of alkyl halides is 1. The maximum atomic E-state index is 3.72. The predicted molar refractivity (Wildman–Crippen MR) is 75.8 cm³/mol. The van der Waals surface area contributed by atoms with E-state index in [4.69, 9.17) is 0 Å². The van der Waals surface area contributed by atoms with Crippen molar-refractivity contribution in [3.63, 3.8) is 0 Å². The van der Waals surface area contributed by atoms with Crippen LogP contribution < -0.4 is 0 Å². The fourth-order valence-electron chi connectivity index (χ4n) is 2.59. The van der Waals surface area contributed by atoms with E-state index in [0.717, 1.165) is 6.42 Å². The SMILES string of the molecule is CC1C2=C(C=CC1Br)c1ccc(Br)cc1C2. The highest BCUT2D eigenvalue weighted by Crippen LogP contribution is 2.43. The molecule has 2 aliphatic carbocycles. The van der Waals surface area contributed by atoms with Crippen LogP contribution in [0.1, 0.15) is 18.1 Å². The summed E-state index contributed by atoms with van der Waals surface area (Å²) in [5.41, 5.74) is 5.90. The number of hydrogen-bond acceptors (Lipinski definition) is 0. The van der Waals surface area contributed by atoms with Gasteiger partial charge in [-0.2, -0.15) is 0 Å². The first-order valence-corrected chi connectivity index (χ1v) is 7.22. The lowest BCUT2D eigenvalue weighted by molar-refractivity contribution is 0.698. The van der Waals surface area contributed by atoms with Gasteiger partial charge in [0.25, 0.3) is 0 Å². The predicted octanol–water partition coefficient (Wildman–Crippen LogP) is 4.73. The van der Waals surface area contributed by atoms with Crippen LogP contribution in [-0.2, 0) is 6.42 Å². The molecular formula is C14H12Br2. The molecule has 0 heterocycles. The van der Waals surface area contributed by atoms with Crippen molar-refractivity contribution in [1.82, 2.24) is 0 Å². The fraction of sp³-hybridized carbons (Fsp3) is 0.286. The molecule has 0 saturated carbocycles. The highest BCUT2D eigenvalue weighted by molar-refractivity contribution is 9.10. The molecule has 2 atom stereocenters. The second kappa shape index (κ2) is 3.85. The van der Waals surface area contributed by atoms with Crippen LogP contribution in [0.4, 0.5) is 0 Å². The average molecular weight is 340 g/mol. The first-order chi connectivity index (χ1) is 7.66. The maximum Gasteiger partial charge on any atom is 0.0391 e. The lowest BCUT2D eigenvalue weighted by Crippen LogP contribution is -2.14. The third-order valence-corrected chi connectivity index (χ3v) is 5.15. The van der Waals surface area contributed by atoms with Crippen LogP contribution in [0.2, 0.25) is 0 Å². The van der Waals surface area contributed by atoms with Crippen LogP contribution in [-0.4, -0.2) is 4.83 Å². The van der Waals surface area contributed by atoms with Crippen molar-refractivity contribution in [2.24, 2.45) is 5.92 Å². The quantitative estimate of drug-likeness (QED) is 0.599. The standard InChI is InChI=1S/C14H12Br2/c1-8-13-7-9-6-10(15)2-3-11(9)12(13)4-5-14(8)16/h2-6,8,14H,7H2,1H3. The van der Waals surface area contributed by atoms with E-state index in [9.17, 15) is 0 Å². The molecule has 0 bridgehead atoms. The lowest BCUT2D eigenvalue weighted by atomic mass is 9.89. The van der Waals surface area contributed by atoms with E-state index >= 15 is 0 Å². The summed E-state index contributed by atoms with van der Waals surface area (Å²) in [5.74, 6) is 0.603. The molecule has 3 rings (SSSR count). The third-order valence-electron chi connectivity index (χ3n) is 3.56. The highest BCUT2D eigenvalue weighted by Gasteiger charge is 2.29. The van der Waals surface area contributed by atoms with Gasteiger partial charge in [0, 0.05) is 9.30 Å². The Hall–Kier alpha value is -0.340. The maximum absolute atomic E-state index is 3.72. The summed E-state index contributed by atoms with van der Waals surface area (Å²) < 4.78 is 1.18. The van der Waals surface area contributed by atoms with Crippen LogP contribution in [0.15, 0.2) is 40.4 Å². The summed E-state index contributed by atoms with van der Waals surface area (Å²) in [5, 5.41) is 0. The van der Waals surface area contributed by atoms with E-state index in [1.54, 1.807) is 5.57 Å². The summed E-state index contributed by atoms with van der Waals surface area (Å²) in [6.07, 6.45) is 5.65. The van der Waals surface area contributed by atoms with Gasteiger partial charge < -0.3 is 0 Å². The Balaban J connectivity index is 2.11. The Morgan fingerprint density at radius 1 is 1.31 bits per heavy atom. The molecule has 2 heteroatoms. The Morgan fingerprint density at radius 3 is 2.94 bits per heavy atom. The first kappa shape index (κ1) is 10.8. The van der Waals surface area contributed by atoms with Gasteiger partial charge in [-0.25, -0.2) is 0 Å². The van der Waals surface area contributed by atoms with E-state index in [1.807, 2.05) is 0 Å². The van der Waals surface area contributed by atoms with E-state index < -0.39 is 0 Å². The number of benzene rings is 1. The minimum absolute atomic E-state index is 0.490. The summed E-state index contributed by atoms with van der Waals surface area (Å²) >= 11 is 7.26. The van der Waals surface area contributed by atoms with Gasteiger partial charge in [-0.05, 0) is 41.2 Å². The van der Waals surface area contributed by atoms with Crippen molar-refractivity contribution in [3.8, 4) is 0 Å². The van der Waals surface area contributed by atoms with Crippen molar-refractivity contribution in [1.29, 1.82) is 0 Å². The molecule has 0 spiro atoms. The summed E-state index contributed by atoms with van der Waals surface area (Å²) in [6.45, 7) is 2.30. The van der Waals surface area contributed by atoms with Crippen molar-refractivity contribution >= 4 is 37.4 Å². The largest absolute Gasteiger partial charge is 0.0839 e. The second-order valence-corrected chi connectivity index (χ2v) is 6.48. The minimum atomic E-state index is 0.490. The molecule has 82 valence electrons. The molecule has 0 amide bonds. The Morgan fingerprint density at radius 2 is 2.12 bits per heavy atom. The van der Waals surface area contributed by atoms with Crippen LogP contribution >= 0.6 is 31.9 Å². The molecule has 0 radical (unpaired) electrons. The van der Waals surface area contributed by atoms with Crippen LogP contribution in [0.5, 0.6) is 0 Å². The molecule has 1 aromatic rings. The van der Waals surface area contributed by atoms with Gasteiger partial charge in [-0.15, -0.1) is 0 Å². The Bertz CT molecular complexity index is 511. The zero-order valence-electron chi connectivity index (χ0n) is 9.00. The number of fused-ring (bicyclic) bond motifs is 2. The van der Waals surface area contributed by atoms with Gasteiger partial charge in [-0.1, -0.05) is 62.6 Å². The van der Waals surface area contributed by atoms with Gasteiger partial charge in [-0.3, -0.25) is 0 Å². The third kappa shape index (κ3) is 1.54. The number of rotatable bonds is 0. The van der Waals surface area contributed by atoms with E-state index in [0.29, 0.717) is 10.7 Å². The Kier molecular flexibility index (Phi) is 2.60. The van der Waals surface area contributed by atoms with Crippen molar-refractivity contribution in [2.45, 2.75) is 18.2 Å². The molecule has 0 N–H and O–H groups in total. The molecular weight excluding hydrogens is 328 g/mol. The molecule has 16 heavy (non-hydrogen) atoms. The number of hydrogen-bond donors (Lipinski definition) is 0. The van der Waals surface area contributed by atoms with Gasteiger partial charge in [0.15, 0.2) is 0 Å². The van der Waals surface area contributed by atoms with Crippen molar-refractivity contribution in [3.05, 3.63) is 51.5 Å². The molecule has 2 unspecified atom stereocenters. The minimum Gasteiger partial charge on any atom is -0.0839 e. The molecule has 2 aliphatic rings. The van der Waals surface area contributed by atoms with Gasteiger partial charge in [0.2, 0.25) is 0 Å². The van der Waals surface area contributed by atoms with E-state index in [-0.39, 0.29) is 0 Å². The average Bonchev–Trinajstić information content (AvgIpc) is 2.62. The van der Waals surface area contributed by atoms with E-state index in [1.165, 1.54) is 21.2 Å². The first-order valence-electron chi connectivity index (χ1n) is 5.51. The van der Waals surface area contributed by atoms with Gasteiger partial charge in [0.1, 0.15) is 0 Å². The molecule has 0 aromatic heterocycles. The lowest BCUT2D eigenvalue weighted by Gasteiger charge is -2.22. The fourth-order valence-corrected chi connectivity index (χ4v) is 3.47. The Labute approximate surface area is 113 Å². The summed E-state index contributed by atoms with van der Waals surface area (Å²) in [7, 11) is 0. The molecule has 1 aromatic carbocycles. The van der Waals surface area contributed by atoms with Crippen LogP contribution in [0.25, 0.3) is 5.57 Å². The van der Waals surface area contributed by atoms with Gasteiger partial charge in [0.05, 0.1) is 0 Å². The summed E-state index contributed by atoms with van der Waals surface area (Å²) in [6, 6.07) is 6.61. The zero-order valence-corrected chi connectivity index (χ0v) is 12.2. The van der Waals surface area contributed by atoms with Crippen molar-refractivity contribution in [2.75, 3.05) is 0 Å². The topological polar surface area (TPSA) is 0 Å². The number of halogens is 2. The summed E-state index contributed by atoms with van der Waals surface area (Å²) in [4.78, 5) is 0.490. The normalized spacial score (nSPS) is 26.9. The zero-order chi connectivity index (χ0) is 11.3. The molecule has 0 saturated heterocycles. The smallest absolute Gasteiger partial charge is 0.0391 e. The van der Waals surface area contributed by atoms with E-state index in [2.05, 4.69) is 69.1 Å².